The lowest BCUT2D eigenvalue weighted by Crippen LogP contribution is -2.52. The quantitative estimate of drug-likeness (QED) is 0.779. The maximum atomic E-state index is 12.3. The van der Waals surface area contributed by atoms with E-state index in [4.69, 9.17) is 10.5 Å². The van der Waals surface area contributed by atoms with Gasteiger partial charge in [0.05, 0.1) is 24.7 Å². The number of primary amides is 1. The van der Waals surface area contributed by atoms with Crippen molar-refractivity contribution in [2.24, 2.45) is 11.7 Å². The summed E-state index contributed by atoms with van der Waals surface area (Å²) in [6.07, 6.45) is 1.97. The number of ether oxygens (including phenoxy) is 1. The first-order valence-corrected chi connectivity index (χ1v) is 7.40. The van der Waals surface area contributed by atoms with Gasteiger partial charge >= 0.3 is 0 Å². The summed E-state index contributed by atoms with van der Waals surface area (Å²) in [6.45, 7) is 7.23. The monoisotopic (exact) mass is 283 g/mol. The number of carbonyl (C=O) groups excluding carboxylic acids is 2. The smallest absolute Gasteiger partial charge is 0.236 e. The molecule has 2 saturated heterocycles. The Labute approximate surface area is 120 Å². The number of nitrogens with zero attached hydrogens (tertiary/aromatic N) is 2. The minimum Gasteiger partial charge on any atom is -0.373 e. The Kier molecular flexibility index (Phi) is 4.99. The Morgan fingerprint density at radius 2 is 1.85 bits per heavy atom. The number of morpholine rings is 1. The lowest BCUT2D eigenvalue weighted by atomic mass is 9.97. The Hall–Kier alpha value is -1.14. The Morgan fingerprint density at radius 1 is 1.20 bits per heavy atom. The number of hydrogen-bond acceptors (Lipinski definition) is 4. The summed E-state index contributed by atoms with van der Waals surface area (Å²) in [5, 5.41) is 0. The molecule has 0 bridgehead atoms. The lowest BCUT2D eigenvalue weighted by molar-refractivity contribution is -0.138. The summed E-state index contributed by atoms with van der Waals surface area (Å²) in [5.74, 6) is -0.386. The van der Waals surface area contributed by atoms with Gasteiger partial charge in [0, 0.05) is 26.2 Å². The maximum Gasteiger partial charge on any atom is 0.236 e. The van der Waals surface area contributed by atoms with Gasteiger partial charge in [-0.05, 0) is 26.7 Å². The SMILES string of the molecule is C[C@@H]1CN(CC(=O)N2CCC[C@@H](C(N)=O)C2)C[C@@H](C)O1. The van der Waals surface area contributed by atoms with Crippen molar-refractivity contribution in [2.45, 2.75) is 38.9 Å². The highest BCUT2D eigenvalue weighted by molar-refractivity contribution is 5.81. The Balaban J connectivity index is 1.86. The molecule has 2 amide bonds. The molecule has 6 nitrogen and oxygen atoms in total. The molecular formula is C14H25N3O3. The topological polar surface area (TPSA) is 75.9 Å². The first-order chi connectivity index (χ1) is 9.45. The average molecular weight is 283 g/mol. The van der Waals surface area contributed by atoms with Crippen LogP contribution in [0.5, 0.6) is 0 Å². The van der Waals surface area contributed by atoms with Crippen LogP contribution in [0.2, 0.25) is 0 Å². The zero-order valence-corrected chi connectivity index (χ0v) is 12.4. The number of hydrogen-bond donors (Lipinski definition) is 1. The fourth-order valence-electron chi connectivity index (χ4n) is 3.14. The first kappa shape index (κ1) is 15.3. The minimum absolute atomic E-state index is 0.0947. The third-order valence-electron chi connectivity index (χ3n) is 4.03. The second-order valence-electron chi connectivity index (χ2n) is 6.03. The van der Waals surface area contributed by atoms with Crippen LogP contribution < -0.4 is 5.73 Å². The molecule has 2 aliphatic heterocycles. The van der Waals surface area contributed by atoms with E-state index in [1.807, 2.05) is 13.8 Å². The van der Waals surface area contributed by atoms with Crippen molar-refractivity contribution in [1.29, 1.82) is 0 Å². The molecule has 114 valence electrons. The third-order valence-corrected chi connectivity index (χ3v) is 4.03. The molecule has 0 spiro atoms. The van der Waals surface area contributed by atoms with Crippen molar-refractivity contribution in [2.75, 3.05) is 32.7 Å². The van der Waals surface area contributed by atoms with Gasteiger partial charge < -0.3 is 15.4 Å². The van der Waals surface area contributed by atoms with Crippen LogP contribution in [0.3, 0.4) is 0 Å². The molecule has 20 heavy (non-hydrogen) atoms. The molecule has 0 aromatic carbocycles. The van der Waals surface area contributed by atoms with Crippen molar-refractivity contribution in [3.63, 3.8) is 0 Å². The van der Waals surface area contributed by atoms with Crippen molar-refractivity contribution in [3.05, 3.63) is 0 Å². The highest BCUT2D eigenvalue weighted by Gasteiger charge is 2.29. The van der Waals surface area contributed by atoms with E-state index < -0.39 is 0 Å². The van der Waals surface area contributed by atoms with Crippen molar-refractivity contribution in [1.82, 2.24) is 9.80 Å². The van der Waals surface area contributed by atoms with Crippen LogP contribution in [0.4, 0.5) is 0 Å². The van der Waals surface area contributed by atoms with Crippen molar-refractivity contribution >= 4 is 11.8 Å². The average Bonchev–Trinajstić information content (AvgIpc) is 2.37. The third kappa shape index (κ3) is 3.93. The maximum absolute atomic E-state index is 12.3. The number of piperidine rings is 1. The first-order valence-electron chi connectivity index (χ1n) is 7.40. The molecular weight excluding hydrogens is 258 g/mol. The minimum atomic E-state index is -0.295. The summed E-state index contributed by atoms with van der Waals surface area (Å²) in [4.78, 5) is 27.5. The number of likely N-dealkylation sites (tertiary alicyclic amines) is 1. The molecule has 2 rings (SSSR count). The molecule has 2 fully saturated rings. The van der Waals surface area contributed by atoms with E-state index in [2.05, 4.69) is 4.90 Å². The fourth-order valence-corrected chi connectivity index (χ4v) is 3.14. The van der Waals surface area contributed by atoms with E-state index in [-0.39, 0.29) is 29.9 Å². The van der Waals surface area contributed by atoms with E-state index in [0.29, 0.717) is 13.1 Å². The van der Waals surface area contributed by atoms with E-state index in [9.17, 15) is 9.59 Å². The standard InChI is InChI=1S/C14H25N3O3/c1-10-6-16(7-11(2)20-10)9-13(18)17-5-3-4-12(8-17)14(15)19/h10-12H,3-9H2,1-2H3,(H2,15,19)/t10-,11-,12-/m1/s1. The van der Waals surface area contributed by atoms with E-state index in [1.165, 1.54) is 0 Å². The molecule has 6 heteroatoms. The summed E-state index contributed by atoms with van der Waals surface area (Å²) in [6, 6.07) is 0. The predicted octanol–water partition coefficient (Wildman–Crippen LogP) is -0.180. The zero-order chi connectivity index (χ0) is 14.7. The molecule has 0 aromatic heterocycles. The van der Waals surface area contributed by atoms with Crippen molar-refractivity contribution < 1.29 is 14.3 Å². The second kappa shape index (κ2) is 6.54. The van der Waals surface area contributed by atoms with Gasteiger partial charge in [-0.25, -0.2) is 0 Å². The van der Waals surface area contributed by atoms with Gasteiger partial charge in [-0.1, -0.05) is 0 Å². The molecule has 0 unspecified atom stereocenters. The Bertz CT molecular complexity index is 365. The highest BCUT2D eigenvalue weighted by Crippen LogP contribution is 2.17. The van der Waals surface area contributed by atoms with Gasteiger partial charge in [0.25, 0.3) is 0 Å². The second-order valence-corrected chi connectivity index (χ2v) is 6.03. The molecule has 0 saturated carbocycles. The lowest BCUT2D eigenvalue weighted by Gasteiger charge is -2.37. The molecule has 0 radical (unpaired) electrons. The van der Waals surface area contributed by atoms with Gasteiger partial charge in [0.2, 0.25) is 11.8 Å². The fraction of sp³-hybridized carbons (Fsp3) is 0.857. The number of rotatable bonds is 3. The summed E-state index contributed by atoms with van der Waals surface area (Å²) in [5.41, 5.74) is 5.35. The van der Waals surface area contributed by atoms with E-state index in [1.54, 1.807) is 4.90 Å². The normalized spacial score (nSPS) is 32.1. The van der Waals surface area contributed by atoms with Crippen LogP contribution in [-0.4, -0.2) is 66.5 Å². The number of amides is 2. The number of nitrogens with two attached hydrogens (primary N) is 1. The number of carbonyl (C=O) groups is 2. The highest BCUT2D eigenvalue weighted by atomic mass is 16.5. The molecule has 2 heterocycles. The summed E-state index contributed by atoms with van der Waals surface area (Å²) < 4.78 is 5.66. The molecule has 2 aliphatic rings. The van der Waals surface area contributed by atoms with Crippen LogP contribution in [0.1, 0.15) is 26.7 Å². The largest absolute Gasteiger partial charge is 0.373 e. The summed E-state index contributed by atoms with van der Waals surface area (Å²) >= 11 is 0. The molecule has 2 N–H and O–H groups in total. The van der Waals surface area contributed by atoms with Gasteiger partial charge in [-0.2, -0.15) is 0 Å². The Morgan fingerprint density at radius 3 is 2.45 bits per heavy atom. The van der Waals surface area contributed by atoms with Crippen LogP contribution in [0.25, 0.3) is 0 Å². The predicted molar refractivity (Wildman–Crippen MR) is 74.9 cm³/mol. The van der Waals surface area contributed by atoms with Crippen LogP contribution >= 0.6 is 0 Å². The zero-order valence-electron chi connectivity index (χ0n) is 12.4. The van der Waals surface area contributed by atoms with Gasteiger partial charge in [0.1, 0.15) is 0 Å². The van der Waals surface area contributed by atoms with Crippen LogP contribution in [-0.2, 0) is 14.3 Å². The van der Waals surface area contributed by atoms with E-state index in [0.717, 1.165) is 32.5 Å². The van der Waals surface area contributed by atoms with Gasteiger partial charge in [-0.15, -0.1) is 0 Å². The van der Waals surface area contributed by atoms with Crippen LogP contribution in [0, 0.1) is 5.92 Å². The van der Waals surface area contributed by atoms with Crippen molar-refractivity contribution in [3.8, 4) is 0 Å². The molecule has 3 atom stereocenters. The van der Waals surface area contributed by atoms with Crippen LogP contribution in [0.15, 0.2) is 0 Å². The van der Waals surface area contributed by atoms with E-state index >= 15 is 0 Å². The van der Waals surface area contributed by atoms with Gasteiger partial charge in [0.15, 0.2) is 0 Å². The molecule has 0 aliphatic carbocycles. The summed E-state index contributed by atoms with van der Waals surface area (Å²) in [7, 11) is 0. The van der Waals surface area contributed by atoms with Gasteiger partial charge in [-0.3, -0.25) is 14.5 Å². The molecule has 0 aromatic rings.